The number of hydrogen-bond donors (Lipinski definition) is 2. The van der Waals surface area contributed by atoms with Crippen molar-refractivity contribution >= 4 is 17.5 Å². The number of aryl methyl sites for hydroxylation is 1. The summed E-state index contributed by atoms with van der Waals surface area (Å²) in [6.45, 7) is 2.38. The molecule has 0 aliphatic carbocycles. The molecule has 31 heavy (non-hydrogen) atoms. The minimum atomic E-state index is -1.60. The lowest BCUT2D eigenvalue weighted by molar-refractivity contribution is -0.119. The molecule has 0 radical (unpaired) electrons. The van der Waals surface area contributed by atoms with E-state index in [2.05, 4.69) is 20.5 Å². The number of carbonyl (C=O) groups excluding carboxylic acids is 2. The Bertz CT molecular complexity index is 1140. The average Bonchev–Trinajstić information content (AvgIpc) is 3.42. The fourth-order valence-electron chi connectivity index (χ4n) is 3.52. The maximum absolute atomic E-state index is 13.3. The number of nitrogens with zero attached hydrogens (tertiary/aromatic N) is 3. The van der Waals surface area contributed by atoms with E-state index in [4.69, 9.17) is 0 Å². The Morgan fingerprint density at radius 1 is 1.16 bits per heavy atom. The van der Waals surface area contributed by atoms with Gasteiger partial charge in [0.15, 0.2) is 17.5 Å². The van der Waals surface area contributed by atoms with Crippen LogP contribution in [0.25, 0.3) is 11.4 Å². The molecular weight excluding hydrogens is 411 g/mol. The van der Waals surface area contributed by atoms with E-state index in [1.807, 2.05) is 13.0 Å². The summed E-state index contributed by atoms with van der Waals surface area (Å²) in [5.41, 5.74) is 2.37. The van der Waals surface area contributed by atoms with Gasteiger partial charge in [-0.3, -0.25) is 9.59 Å². The molecule has 4 rings (SSSR count). The summed E-state index contributed by atoms with van der Waals surface area (Å²) in [6.07, 6.45) is 1.97. The first-order valence-corrected chi connectivity index (χ1v) is 9.56. The van der Waals surface area contributed by atoms with Crippen LogP contribution < -0.4 is 5.32 Å². The summed E-state index contributed by atoms with van der Waals surface area (Å²) in [5.74, 6) is -5.71. The van der Waals surface area contributed by atoms with Crippen LogP contribution in [-0.2, 0) is 4.79 Å². The number of H-pyrrole nitrogens is 1. The Morgan fingerprint density at radius 2 is 1.90 bits per heavy atom. The molecule has 160 valence electrons. The van der Waals surface area contributed by atoms with E-state index in [0.717, 1.165) is 5.56 Å². The lowest BCUT2D eigenvalue weighted by Crippen LogP contribution is -2.31. The van der Waals surface area contributed by atoms with Gasteiger partial charge < -0.3 is 15.2 Å². The number of nitrogens with one attached hydrogen (secondary N) is 2. The zero-order valence-electron chi connectivity index (χ0n) is 16.5. The second-order valence-corrected chi connectivity index (χ2v) is 7.33. The lowest BCUT2D eigenvalue weighted by atomic mass is 10.1. The van der Waals surface area contributed by atoms with Gasteiger partial charge in [0.2, 0.25) is 5.91 Å². The average molecular weight is 429 g/mol. The van der Waals surface area contributed by atoms with E-state index in [9.17, 15) is 22.8 Å². The number of likely N-dealkylation sites (tertiary alicyclic amines) is 1. The summed E-state index contributed by atoms with van der Waals surface area (Å²) in [4.78, 5) is 29.8. The summed E-state index contributed by atoms with van der Waals surface area (Å²) >= 11 is 0. The Morgan fingerprint density at radius 3 is 2.61 bits per heavy atom. The molecule has 0 unspecified atom stereocenters. The maximum Gasteiger partial charge on any atom is 0.270 e. The molecule has 1 aliphatic rings. The van der Waals surface area contributed by atoms with E-state index in [0.29, 0.717) is 42.2 Å². The van der Waals surface area contributed by atoms with Crippen molar-refractivity contribution in [1.82, 2.24) is 20.1 Å². The highest BCUT2D eigenvalue weighted by atomic mass is 19.2. The third-order valence-corrected chi connectivity index (χ3v) is 5.19. The first-order chi connectivity index (χ1) is 14.8. The number of halogens is 3. The van der Waals surface area contributed by atoms with Crippen molar-refractivity contribution in [2.24, 2.45) is 5.92 Å². The monoisotopic (exact) mass is 429 g/mol. The normalized spacial score (nSPS) is 15.9. The van der Waals surface area contributed by atoms with Crippen molar-refractivity contribution in [3.05, 3.63) is 65.2 Å². The summed E-state index contributed by atoms with van der Waals surface area (Å²) in [5, 5.41) is 10.3. The molecule has 7 nitrogen and oxygen atoms in total. The van der Waals surface area contributed by atoms with Crippen molar-refractivity contribution in [1.29, 1.82) is 0 Å². The van der Waals surface area contributed by atoms with E-state index in [1.165, 1.54) is 4.90 Å². The highest BCUT2D eigenvalue weighted by molar-refractivity contribution is 5.96. The molecule has 1 atom stereocenters. The van der Waals surface area contributed by atoms with Gasteiger partial charge in [0, 0.05) is 37.1 Å². The summed E-state index contributed by atoms with van der Waals surface area (Å²) in [6, 6.07) is 6.62. The standard InChI is InChI=1S/C21H18F3N5O2/c1-11-4-6-25-28-19(11)16-2-3-17(27-16)21(31)29-7-5-12(10-29)20(30)26-13-8-14(22)18(24)15(23)9-13/h2-4,6,8-9,12,27H,5,7,10H2,1H3,(H,26,30)/t12-/m0/s1. The van der Waals surface area contributed by atoms with Gasteiger partial charge in [-0.1, -0.05) is 0 Å². The molecule has 1 aliphatic heterocycles. The van der Waals surface area contributed by atoms with Crippen molar-refractivity contribution in [3.63, 3.8) is 0 Å². The van der Waals surface area contributed by atoms with Crippen LogP contribution in [-0.4, -0.2) is 45.0 Å². The second kappa shape index (κ2) is 8.21. The molecule has 2 N–H and O–H groups in total. The van der Waals surface area contributed by atoms with Gasteiger partial charge in [-0.2, -0.15) is 5.10 Å². The van der Waals surface area contributed by atoms with Gasteiger partial charge in [-0.15, -0.1) is 5.10 Å². The fourth-order valence-corrected chi connectivity index (χ4v) is 3.52. The van der Waals surface area contributed by atoms with Gasteiger partial charge in [0.05, 0.1) is 11.6 Å². The number of carbonyl (C=O) groups is 2. The van der Waals surface area contributed by atoms with Crippen molar-refractivity contribution in [3.8, 4) is 11.4 Å². The van der Waals surface area contributed by atoms with Crippen LogP contribution in [0.5, 0.6) is 0 Å². The number of rotatable bonds is 4. The van der Waals surface area contributed by atoms with E-state index < -0.39 is 29.3 Å². The van der Waals surface area contributed by atoms with Crippen LogP contribution >= 0.6 is 0 Å². The first kappa shape index (κ1) is 20.6. The topological polar surface area (TPSA) is 91.0 Å². The number of anilines is 1. The summed E-state index contributed by atoms with van der Waals surface area (Å²) in [7, 11) is 0. The third kappa shape index (κ3) is 4.14. The van der Waals surface area contributed by atoms with Gasteiger partial charge in [0.1, 0.15) is 11.4 Å². The van der Waals surface area contributed by atoms with Crippen molar-refractivity contribution < 1.29 is 22.8 Å². The molecule has 0 spiro atoms. The number of benzene rings is 1. The molecule has 2 aromatic heterocycles. The molecule has 1 saturated heterocycles. The van der Waals surface area contributed by atoms with Crippen LogP contribution in [0.1, 0.15) is 22.5 Å². The largest absolute Gasteiger partial charge is 0.349 e. The number of aromatic amines is 1. The molecule has 2 amide bonds. The SMILES string of the molecule is Cc1ccnnc1-c1ccc(C(=O)N2CC[C@H](C(=O)Nc3cc(F)c(F)c(F)c3)C2)[nH]1. The molecule has 3 heterocycles. The third-order valence-electron chi connectivity index (χ3n) is 5.19. The maximum atomic E-state index is 13.3. The molecular formula is C21H18F3N5O2. The van der Waals surface area contributed by atoms with Crippen LogP contribution in [0, 0.1) is 30.3 Å². The van der Waals surface area contributed by atoms with Crippen molar-refractivity contribution in [2.75, 3.05) is 18.4 Å². The van der Waals surface area contributed by atoms with Gasteiger partial charge in [-0.25, -0.2) is 13.2 Å². The zero-order valence-corrected chi connectivity index (χ0v) is 16.5. The van der Waals surface area contributed by atoms with Gasteiger partial charge in [-0.05, 0) is 37.1 Å². The predicted molar refractivity (Wildman–Crippen MR) is 106 cm³/mol. The minimum Gasteiger partial charge on any atom is -0.349 e. The molecule has 3 aromatic rings. The highest BCUT2D eigenvalue weighted by Crippen LogP contribution is 2.24. The van der Waals surface area contributed by atoms with Crippen LogP contribution in [0.3, 0.4) is 0 Å². The van der Waals surface area contributed by atoms with Gasteiger partial charge in [0.25, 0.3) is 5.91 Å². The van der Waals surface area contributed by atoms with E-state index in [-0.39, 0.29) is 18.1 Å². The fraction of sp³-hybridized carbons (Fsp3) is 0.238. The Labute approximate surface area is 175 Å². The molecule has 0 bridgehead atoms. The van der Waals surface area contributed by atoms with E-state index in [1.54, 1.807) is 18.3 Å². The van der Waals surface area contributed by atoms with Crippen LogP contribution in [0.15, 0.2) is 36.5 Å². The molecule has 1 fully saturated rings. The summed E-state index contributed by atoms with van der Waals surface area (Å²) < 4.78 is 39.7. The molecule has 0 saturated carbocycles. The highest BCUT2D eigenvalue weighted by Gasteiger charge is 2.32. The quantitative estimate of drug-likeness (QED) is 0.623. The van der Waals surface area contributed by atoms with E-state index >= 15 is 0 Å². The van der Waals surface area contributed by atoms with Crippen LogP contribution in [0.4, 0.5) is 18.9 Å². The predicted octanol–water partition coefficient (Wildman–Crippen LogP) is 3.30. The second-order valence-electron chi connectivity index (χ2n) is 7.33. The minimum absolute atomic E-state index is 0.148. The number of hydrogen-bond acceptors (Lipinski definition) is 4. The number of amides is 2. The Kier molecular flexibility index (Phi) is 5.45. The lowest BCUT2D eigenvalue weighted by Gasteiger charge is -2.16. The Balaban J connectivity index is 1.41. The smallest absolute Gasteiger partial charge is 0.270 e. The molecule has 1 aromatic carbocycles. The molecule has 10 heteroatoms. The number of aromatic nitrogens is 3. The first-order valence-electron chi connectivity index (χ1n) is 9.56. The Hall–Kier alpha value is -3.69. The van der Waals surface area contributed by atoms with Crippen molar-refractivity contribution in [2.45, 2.75) is 13.3 Å². The van der Waals surface area contributed by atoms with Gasteiger partial charge >= 0.3 is 0 Å². The zero-order chi connectivity index (χ0) is 22.1. The van der Waals surface area contributed by atoms with Crippen LogP contribution in [0.2, 0.25) is 0 Å².